The predicted molar refractivity (Wildman–Crippen MR) is 85.5 cm³/mol. The van der Waals surface area contributed by atoms with Crippen molar-refractivity contribution >= 4 is 0 Å². The second-order valence-electron chi connectivity index (χ2n) is 5.41. The summed E-state index contributed by atoms with van der Waals surface area (Å²) in [6.45, 7) is 7.84. The summed E-state index contributed by atoms with van der Waals surface area (Å²) in [4.78, 5) is 2.41. The normalized spacial score (nSPS) is 11.0. The van der Waals surface area contributed by atoms with E-state index in [9.17, 15) is 0 Å². The Hall–Kier alpha value is -1.64. The molecule has 0 heterocycles. The number of nitrogens with two attached hydrogens (primary N) is 1. The van der Waals surface area contributed by atoms with Crippen molar-refractivity contribution in [3.05, 3.63) is 70.8 Å². The molecule has 0 saturated heterocycles. The summed E-state index contributed by atoms with van der Waals surface area (Å²) in [5.41, 5.74) is 11.2. The molecular formula is C18H24N2. The summed E-state index contributed by atoms with van der Waals surface area (Å²) in [6.07, 6.45) is 0. The third kappa shape index (κ3) is 4.19. The van der Waals surface area contributed by atoms with Gasteiger partial charge in [0, 0.05) is 26.2 Å². The van der Waals surface area contributed by atoms with Crippen molar-refractivity contribution < 1.29 is 0 Å². The molecule has 0 aliphatic rings. The van der Waals surface area contributed by atoms with Gasteiger partial charge in [0.05, 0.1) is 0 Å². The fourth-order valence-electron chi connectivity index (χ4n) is 2.50. The first kappa shape index (κ1) is 14.8. The summed E-state index contributed by atoms with van der Waals surface area (Å²) in [5, 5.41) is 0. The van der Waals surface area contributed by atoms with E-state index in [0.29, 0.717) is 6.54 Å². The topological polar surface area (TPSA) is 29.3 Å². The van der Waals surface area contributed by atoms with Gasteiger partial charge in [0.1, 0.15) is 0 Å². The highest BCUT2D eigenvalue weighted by atomic mass is 15.1. The third-order valence-electron chi connectivity index (χ3n) is 3.59. The van der Waals surface area contributed by atoms with Crippen molar-refractivity contribution in [2.24, 2.45) is 5.73 Å². The first-order chi connectivity index (χ1) is 9.69. The molecule has 0 atom stereocenters. The van der Waals surface area contributed by atoms with Crippen molar-refractivity contribution in [1.29, 1.82) is 0 Å². The fraction of sp³-hybridized carbons (Fsp3) is 0.333. The van der Waals surface area contributed by atoms with Gasteiger partial charge in [0.15, 0.2) is 0 Å². The van der Waals surface area contributed by atoms with Gasteiger partial charge >= 0.3 is 0 Å². The SMILES string of the molecule is Cc1ccc(CN(CCN)Cc2ccccc2)c(C)c1. The van der Waals surface area contributed by atoms with Crippen molar-refractivity contribution in [2.75, 3.05) is 13.1 Å². The Bertz CT molecular complexity index is 534. The van der Waals surface area contributed by atoms with Crippen LogP contribution in [-0.2, 0) is 13.1 Å². The van der Waals surface area contributed by atoms with E-state index in [4.69, 9.17) is 5.73 Å². The Morgan fingerprint density at radius 1 is 0.950 bits per heavy atom. The van der Waals surface area contributed by atoms with Gasteiger partial charge in [-0.15, -0.1) is 0 Å². The lowest BCUT2D eigenvalue weighted by Gasteiger charge is -2.23. The van der Waals surface area contributed by atoms with Crippen LogP contribution >= 0.6 is 0 Å². The lowest BCUT2D eigenvalue weighted by Crippen LogP contribution is -2.29. The molecule has 2 rings (SSSR count). The maximum absolute atomic E-state index is 5.76. The van der Waals surface area contributed by atoms with Crippen molar-refractivity contribution in [3.8, 4) is 0 Å². The van der Waals surface area contributed by atoms with Crippen LogP contribution in [0.1, 0.15) is 22.3 Å². The molecule has 0 aromatic heterocycles. The van der Waals surface area contributed by atoms with Crippen molar-refractivity contribution in [3.63, 3.8) is 0 Å². The average Bonchev–Trinajstić information content (AvgIpc) is 2.43. The Labute approximate surface area is 122 Å². The molecule has 106 valence electrons. The number of hydrogen-bond donors (Lipinski definition) is 1. The van der Waals surface area contributed by atoms with E-state index in [2.05, 4.69) is 67.3 Å². The summed E-state index contributed by atoms with van der Waals surface area (Å²) >= 11 is 0. The van der Waals surface area contributed by atoms with Crippen LogP contribution in [0.5, 0.6) is 0 Å². The van der Waals surface area contributed by atoms with Gasteiger partial charge in [0.2, 0.25) is 0 Å². The van der Waals surface area contributed by atoms with E-state index in [1.807, 2.05) is 0 Å². The summed E-state index contributed by atoms with van der Waals surface area (Å²) in [7, 11) is 0. The Kier molecular flexibility index (Phi) is 5.33. The standard InChI is InChI=1S/C18H24N2/c1-15-8-9-18(16(2)12-15)14-20(11-10-19)13-17-6-4-3-5-7-17/h3-9,12H,10-11,13-14,19H2,1-2H3. The number of aryl methyl sites for hydroxylation is 2. The first-order valence-corrected chi connectivity index (χ1v) is 7.21. The van der Waals surface area contributed by atoms with Gasteiger partial charge in [-0.25, -0.2) is 0 Å². The predicted octanol–water partition coefficient (Wildman–Crippen LogP) is 3.26. The molecular weight excluding hydrogens is 244 g/mol. The minimum atomic E-state index is 0.692. The van der Waals surface area contributed by atoms with Crippen LogP contribution in [-0.4, -0.2) is 18.0 Å². The molecule has 0 radical (unpaired) electrons. The molecule has 2 heteroatoms. The summed E-state index contributed by atoms with van der Waals surface area (Å²) in [5.74, 6) is 0. The number of rotatable bonds is 6. The lowest BCUT2D eigenvalue weighted by molar-refractivity contribution is 0.264. The Morgan fingerprint density at radius 2 is 1.70 bits per heavy atom. The summed E-state index contributed by atoms with van der Waals surface area (Å²) < 4.78 is 0. The van der Waals surface area contributed by atoms with Crippen LogP contribution in [0.4, 0.5) is 0 Å². The Morgan fingerprint density at radius 3 is 2.35 bits per heavy atom. The first-order valence-electron chi connectivity index (χ1n) is 7.21. The third-order valence-corrected chi connectivity index (χ3v) is 3.59. The van der Waals surface area contributed by atoms with Crippen LogP contribution < -0.4 is 5.73 Å². The minimum Gasteiger partial charge on any atom is -0.329 e. The van der Waals surface area contributed by atoms with E-state index < -0.39 is 0 Å². The van der Waals surface area contributed by atoms with E-state index in [1.165, 1.54) is 22.3 Å². The highest BCUT2D eigenvalue weighted by molar-refractivity contribution is 5.30. The monoisotopic (exact) mass is 268 g/mol. The van der Waals surface area contributed by atoms with Crippen LogP contribution in [0.15, 0.2) is 48.5 Å². The van der Waals surface area contributed by atoms with Crippen molar-refractivity contribution in [2.45, 2.75) is 26.9 Å². The molecule has 0 unspecified atom stereocenters. The zero-order valence-electron chi connectivity index (χ0n) is 12.5. The van der Waals surface area contributed by atoms with E-state index in [0.717, 1.165) is 19.6 Å². The number of benzene rings is 2. The maximum Gasteiger partial charge on any atom is 0.0240 e. The van der Waals surface area contributed by atoms with Gasteiger partial charge in [-0.3, -0.25) is 4.90 Å². The molecule has 0 saturated carbocycles. The smallest absolute Gasteiger partial charge is 0.0240 e. The highest BCUT2D eigenvalue weighted by Crippen LogP contribution is 2.15. The number of hydrogen-bond acceptors (Lipinski definition) is 2. The lowest BCUT2D eigenvalue weighted by atomic mass is 10.0. The quantitative estimate of drug-likeness (QED) is 0.871. The molecule has 0 amide bonds. The van der Waals surface area contributed by atoms with E-state index in [1.54, 1.807) is 0 Å². The van der Waals surface area contributed by atoms with E-state index in [-0.39, 0.29) is 0 Å². The molecule has 2 nitrogen and oxygen atoms in total. The molecule has 2 N–H and O–H groups in total. The van der Waals surface area contributed by atoms with Crippen LogP contribution in [0.3, 0.4) is 0 Å². The molecule has 0 fully saturated rings. The highest BCUT2D eigenvalue weighted by Gasteiger charge is 2.08. The second kappa shape index (κ2) is 7.22. The second-order valence-corrected chi connectivity index (χ2v) is 5.41. The fourth-order valence-corrected chi connectivity index (χ4v) is 2.50. The maximum atomic E-state index is 5.76. The van der Waals surface area contributed by atoms with Crippen LogP contribution in [0, 0.1) is 13.8 Å². The number of nitrogens with zero attached hydrogens (tertiary/aromatic N) is 1. The minimum absolute atomic E-state index is 0.692. The van der Waals surface area contributed by atoms with Gasteiger partial charge in [-0.2, -0.15) is 0 Å². The molecule has 0 spiro atoms. The molecule has 0 bridgehead atoms. The van der Waals surface area contributed by atoms with Gasteiger partial charge in [0.25, 0.3) is 0 Å². The zero-order chi connectivity index (χ0) is 14.4. The average molecular weight is 268 g/mol. The Balaban J connectivity index is 2.09. The summed E-state index contributed by atoms with van der Waals surface area (Å²) in [6, 6.07) is 17.3. The molecule has 20 heavy (non-hydrogen) atoms. The van der Waals surface area contributed by atoms with Crippen LogP contribution in [0.25, 0.3) is 0 Å². The molecule has 0 aliphatic heterocycles. The van der Waals surface area contributed by atoms with Gasteiger partial charge < -0.3 is 5.73 Å². The molecule has 0 aliphatic carbocycles. The zero-order valence-corrected chi connectivity index (χ0v) is 12.5. The van der Waals surface area contributed by atoms with E-state index >= 15 is 0 Å². The molecule has 2 aromatic carbocycles. The van der Waals surface area contributed by atoms with Crippen LogP contribution in [0.2, 0.25) is 0 Å². The molecule has 2 aromatic rings. The van der Waals surface area contributed by atoms with Gasteiger partial charge in [-0.05, 0) is 30.5 Å². The van der Waals surface area contributed by atoms with Crippen molar-refractivity contribution in [1.82, 2.24) is 4.90 Å². The van der Waals surface area contributed by atoms with Gasteiger partial charge in [-0.1, -0.05) is 54.1 Å². The largest absolute Gasteiger partial charge is 0.329 e.